The molecule has 0 spiro atoms. The van der Waals surface area contributed by atoms with Crippen LogP contribution in [0.25, 0.3) is 11.3 Å². The van der Waals surface area contributed by atoms with Gasteiger partial charge in [-0.05, 0) is 23.8 Å². The lowest BCUT2D eigenvalue weighted by Gasteiger charge is -2.23. The summed E-state index contributed by atoms with van der Waals surface area (Å²) in [6.45, 7) is 0.462. The quantitative estimate of drug-likeness (QED) is 0.768. The number of benzene rings is 2. The van der Waals surface area contributed by atoms with Gasteiger partial charge in [0.2, 0.25) is 11.9 Å². The van der Waals surface area contributed by atoms with Gasteiger partial charge in [0.25, 0.3) is 0 Å². The van der Waals surface area contributed by atoms with Crippen LogP contribution >= 0.6 is 11.6 Å². The molecule has 25 heavy (non-hydrogen) atoms. The van der Waals surface area contributed by atoms with Crippen LogP contribution in [0.2, 0.25) is 5.02 Å². The lowest BCUT2D eigenvalue weighted by atomic mass is 10.1. The third kappa shape index (κ3) is 2.94. The molecule has 4 rings (SSSR count). The van der Waals surface area contributed by atoms with E-state index in [2.05, 4.69) is 9.97 Å². The Bertz CT molecular complexity index is 956. The summed E-state index contributed by atoms with van der Waals surface area (Å²) in [6.07, 6.45) is 1.87. The Balaban J connectivity index is 1.82. The van der Waals surface area contributed by atoms with Crippen molar-refractivity contribution in [1.82, 2.24) is 9.97 Å². The number of anilines is 2. The van der Waals surface area contributed by atoms with Gasteiger partial charge in [0, 0.05) is 22.3 Å². The molecule has 0 fully saturated rings. The fourth-order valence-electron chi connectivity index (χ4n) is 3.03. The second-order valence-electron chi connectivity index (χ2n) is 5.90. The fraction of sp³-hybridized carbons (Fsp3) is 0.105. The van der Waals surface area contributed by atoms with Crippen molar-refractivity contribution in [3.05, 3.63) is 70.9 Å². The normalized spacial score (nSPS) is 13.2. The number of carbonyl (C=O) groups excluding carboxylic acids is 1. The minimum atomic E-state index is -0.00507. The van der Waals surface area contributed by atoms with Crippen molar-refractivity contribution in [2.45, 2.75) is 13.0 Å². The van der Waals surface area contributed by atoms with E-state index in [1.165, 1.54) is 0 Å². The van der Waals surface area contributed by atoms with Gasteiger partial charge in [0.15, 0.2) is 0 Å². The standard InChI is InChI=1S/C19H15ClN4O/c20-14-7-5-12(6-8-14)11-24-16-4-2-1-3-15(16)18-13(9-17(24)25)10-22-19(21)23-18/h1-8,10H,9,11H2,(H2,21,22,23). The lowest BCUT2D eigenvalue weighted by molar-refractivity contribution is -0.118. The Labute approximate surface area is 150 Å². The molecule has 2 N–H and O–H groups in total. The van der Waals surface area contributed by atoms with Crippen LogP contribution in [0, 0.1) is 0 Å². The molecule has 1 aromatic heterocycles. The number of amides is 1. The van der Waals surface area contributed by atoms with Crippen LogP contribution in [0.4, 0.5) is 11.6 Å². The molecule has 5 nitrogen and oxygen atoms in total. The monoisotopic (exact) mass is 350 g/mol. The molecule has 1 aliphatic rings. The minimum Gasteiger partial charge on any atom is -0.368 e. The number of rotatable bonds is 2. The van der Waals surface area contributed by atoms with Crippen LogP contribution in [0.15, 0.2) is 54.7 Å². The van der Waals surface area contributed by atoms with E-state index in [-0.39, 0.29) is 18.3 Å². The van der Waals surface area contributed by atoms with E-state index in [0.717, 1.165) is 28.1 Å². The number of aromatic nitrogens is 2. The van der Waals surface area contributed by atoms with Crippen molar-refractivity contribution in [3.63, 3.8) is 0 Å². The number of hydrogen-bond donors (Lipinski definition) is 1. The molecule has 1 amide bonds. The molecule has 3 aromatic rings. The first-order chi connectivity index (χ1) is 12.1. The van der Waals surface area contributed by atoms with Crippen LogP contribution in [0.5, 0.6) is 0 Å². The zero-order chi connectivity index (χ0) is 17.4. The minimum absolute atomic E-state index is 0.00507. The number of nitrogens with two attached hydrogens (primary N) is 1. The largest absolute Gasteiger partial charge is 0.368 e. The Morgan fingerprint density at radius 2 is 1.88 bits per heavy atom. The van der Waals surface area contributed by atoms with Gasteiger partial charge in [-0.25, -0.2) is 9.97 Å². The van der Waals surface area contributed by atoms with Gasteiger partial charge in [-0.1, -0.05) is 41.9 Å². The first-order valence-electron chi connectivity index (χ1n) is 7.87. The number of hydrogen-bond acceptors (Lipinski definition) is 4. The summed E-state index contributed by atoms with van der Waals surface area (Å²) in [5.74, 6) is 0.196. The molecule has 0 aliphatic carbocycles. The zero-order valence-electron chi connectivity index (χ0n) is 13.3. The summed E-state index contributed by atoms with van der Waals surface area (Å²) in [5.41, 5.74) is 9.97. The molecule has 6 heteroatoms. The molecule has 124 valence electrons. The topological polar surface area (TPSA) is 72.1 Å². The Kier molecular flexibility index (Phi) is 3.86. The number of nitrogens with zero attached hydrogens (tertiary/aromatic N) is 3. The van der Waals surface area contributed by atoms with Gasteiger partial charge in [-0.3, -0.25) is 4.79 Å². The Hall–Kier alpha value is -2.92. The second-order valence-corrected chi connectivity index (χ2v) is 6.34. The maximum Gasteiger partial charge on any atom is 0.231 e. The highest BCUT2D eigenvalue weighted by atomic mass is 35.5. The molecule has 2 heterocycles. The van der Waals surface area contributed by atoms with Crippen LogP contribution < -0.4 is 10.6 Å². The average molecular weight is 351 g/mol. The van der Waals surface area contributed by atoms with Crippen molar-refractivity contribution in [2.75, 3.05) is 10.6 Å². The van der Waals surface area contributed by atoms with Crippen LogP contribution in [-0.4, -0.2) is 15.9 Å². The Morgan fingerprint density at radius 1 is 1.12 bits per heavy atom. The number of halogens is 1. The van der Waals surface area contributed by atoms with Crippen LogP contribution in [0.1, 0.15) is 11.1 Å². The van der Waals surface area contributed by atoms with E-state index < -0.39 is 0 Å². The average Bonchev–Trinajstić information content (AvgIpc) is 2.73. The van der Waals surface area contributed by atoms with E-state index in [0.29, 0.717) is 11.6 Å². The van der Waals surface area contributed by atoms with Crippen LogP contribution in [0.3, 0.4) is 0 Å². The van der Waals surface area contributed by atoms with E-state index in [1.54, 1.807) is 11.1 Å². The maximum absolute atomic E-state index is 12.9. The summed E-state index contributed by atoms with van der Waals surface area (Å²) < 4.78 is 0. The number of fused-ring (bicyclic) bond motifs is 3. The predicted octanol–water partition coefficient (Wildman–Crippen LogP) is 3.47. The van der Waals surface area contributed by atoms with Crippen molar-refractivity contribution < 1.29 is 4.79 Å². The molecular weight excluding hydrogens is 336 g/mol. The van der Waals surface area contributed by atoms with E-state index in [9.17, 15) is 4.79 Å². The highest BCUT2D eigenvalue weighted by molar-refractivity contribution is 6.30. The lowest BCUT2D eigenvalue weighted by Crippen LogP contribution is -2.31. The second kappa shape index (κ2) is 6.18. The maximum atomic E-state index is 12.9. The molecule has 0 saturated heterocycles. The summed E-state index contributed by atoms with van der Waals surface area (Å²) in [4.78, 5) is 23.1. The molecule has 1 aliphatic heterocycles. The third-order valence-corrected chi connectivity index (χ3v) is 4.48. The summed E-state index contributed by atoms with van der Waals surface area (Å²) >= 11 is 5.96. The smallest absolute Gasteiger partial charge is 0.231 e. The molecule has 0 atom stereocenters. The molecule has 0 saturated carbocycles. The van der Waals surface area contributed by atoms with Gasteiger partial charge in [0.1, 0.15) is 0 Å². The summed E-state index contributed by atoms with van der Waals surface area (Å²) in [7, 11) is 0. The number of para-hydroxylation sites is 1. The molecule has 0 radical (unpaired) electrons. The van der Waals surface area contributed by atoms with Gasteiger partial charge in [-0.15, -0.1) is 0 Å². The summed E-state index contributed by atoms with van der Waals surface area (Å²) in [6, 6.07) is 15.2. The van der Waals surface area contributed by atoms with Crippen molar-refractivity contribution in [1.29, 1.82) is 0 Å². The molecular formula is C19H15ClN4O. The highest BCUT2D eigenvalue weighted by Crippen LogP contribution is 2.36. The van der Waals surface area contributed by atoms with E-state index in [1.807, 2.05) is 48.5 Å². The first-order valence-corrected chi connectivity index (χ1v) is 8.25. The third-order valence-electron chi connectivity index (χ3n) is 4.23. The van der Waals surface area contributed by atoms with E-state index in [4.69, 9.17) is 17.3 Å². The number of carbonyl (C=O) groups is 1. The van der Waals surface area contributed by atoms with Crippen molar-refractivity contribution >= 4 is 29.1 Å². The number of nitrogen functional groups attached to an aromatic ring is 1. The molecule has 0 unspecified atom stereocenters. The van der Waals surface area contributed by atoms with Gasteiger partial charge in [-0.2, -0.15) is 0 Å². The highest BCUT2D eigenvalue weighted by Gasteiger charge is 2.27. The van der Waals surface area contributed by atoms with Gasteiger partial charge >= 0.3 is 0 Å². The van der Waals surface area contributed by atoms with Crippen LogP contribution in [-0.2, 0) is 17.8 Å². The fourth-order valence-corrected chi connectivity index (χ4v) is 3.16. The van der Waals surface area contributed by atoms with Gasteiger partial charge < -0.3 is 10.6 Å². The summed E-state index contributed by atoms with van der Waals surface area (Å²) in [5, 5.41) is 0.671. The van der Waals surface area contributed by atoms with Gasteiger partial charge in [0.05, 0.1) is 24.3 Å². The van der Waals surface area contributed by atoms with E-state index >= 15 is 0 Å². The SMILES string of the molecule is Nc1ncc2c(n1)-c1ccccc1N(Cc1ccc(Cl)cc1)C(=O)C2. The van der Waals surface area contributed by atoms with Crippen molar-refractivity contribution in [2.24, 2.45) is 0 Å². The molecule has 2 aromatic carbocycles. The predicted molar refractivity (Wildman–Crippen MR) is 98.2 cm³/mol. The molecule has 0 bridgehead atoms. The Morgan fingerprint density at radius 3 is 2.68 bits per heavy atom. The van der Waals surface area contributed by atoms with Crippen molar-refractivity contribution in [3.8, 4) is 11.3 Å². The first kappa shape index (κ1) is 15.6. The zero-order valence-corrected chi connectivity index (χ0v) is 14.1.